The van der Waals surface area contributed by atoms with Gasteiger partial charge in [0.15, 0.2) is 11.5 Å². The summed E-state index contributed by atoms with van der Waals surface area (Å²) in [6.45, 7) is 8.84. The Morgan fingerprint density at radius 1 is 1.17 bits per heavy atom. The maximum absolute atomic E-state index is 6.08. The van der Waals surface area contributed by atoms with Crippen LogP contribution in [0.3, 0.4) is 0 Å². The number of piperazine rings is 1. The molecule has 3 aromatic rings. The number of nitrogens with two attached hydrogens (primary N) is 1. The van der Waals surface area contributed by atoms with Crippen molar-refractivity contribution in [2.24, 2.45) is 0 Å². The fourth-order valence-corrected chi connectivity index (χ4v) is 3.70. The van der Waals surface area contributed by atoms with Gasteiger partial charge in [-0.15, -0.1) is 5.10 Å². The van der Waals surface area contributed by atoms with Gasteiger partial charge in [-0.2, -0.15) is 4.98 Å². The minimum atomic E-state index is 0.286. The van der Waals surface area contributed by atoms with Gasteiger partial charge in [0.25, 0.3) is 0 Å². The maximum Gasteiger partial charge on any atom is 0.336 e. The molecule has 3 aromatic heterocycles. The molecule has 0 unspecified atom stereocenters. The zero-order chi connectivity index (χ0) is 20.9. The molecule has 1 fully saturated rings. The molecule has 0 atom stereocenters. The lowest BCUT2D eigenvalue weighted by Crippen LogP contribution is -2.44. The van der Waals surface area contributed by atoms with Crippen molar-refractivity contribution in [3.8, 4) is 6.01 Å². The van der Waals surface area contributed by atoms with Crippen molar-refractivity contribution in [3.63, 3.8) is 0 Å². The lowest BCUT2D eigenvalue weighted by Gasteiger charge is -2.30. The molecule has 0 spiro atoms. The first kappa shape index (κ1) is 20.3. The van der Waals surface area contributed by atoms with Crippen LogP contribution < -0.4 is 20.7 Å². The van der Waals surface area contributed by atoms with E-state index in [1.807, 2.05) is 6.20 Å². The molecule has 9 heteroatoms. The van der Waals surface area contributed by atoms with Gasteiger partial charge in [0.2, 0.25) is 0 Å². The van der Waals surface area contributed by atoms with Gasteiger partial charge in [0.1, 0.15) is 5.82 Å². The number of imidazole rings is 1. The number of aryl methyl sites for hydroxylation is 1. The fourth-order valence-electron chi connectivity index (χ4n) is 3.70. The highest BCUT2D eigenvalue weighted by Gasteiger charge is 2.17. The molecule has 0 radical (unpaired) electrons. The zero-order valence-corrected chi connectivity index (χ0v) is 17.8. The van der Waals surface area contributed by atoms with Crippen molar-refractivity contribution in [1.29, 1.82) is 0 Å². The zero-order valence-electron chi connectivity index (χ0n) is 17.8. The molecule has 3 N–H and O–H groups in total. The standard InChI is InChI=1S/C21H30N8O/c1-3-5-10-30-21-26-18(22)20-25-14-17(29(20)27-21)12-15-11-16(4-2)19(24-13-15)28-8-6-23-7-9-28/h11,13-14,23H,3-10,12H2,1-2H3,(H2,22,26,27). The largest absolute Gasteiger partial charge is 0.462 e. The van der Waals surface area contributed by atoms with E-state index in [1.165, 1.54) is 5.56 Å². The number of aromatic nitrogens is 5. The Kier molecular flexibility index (Phi) is 6.27. The number of unbranched alkanes of at least 4 members (excludes halogenated alkanes) is 1. The number of nitrogens with zero attached hydrogens (tertiary/aromatic N) is 6. The lowest BCUT2D eigenvalue weighted by molar-refractivity contribution is 0.280. The summed E-state index contributed by atoms with van der Waals surface area (Å²) in [5, 5.41) is 7.90. The average Bonchev–Trinajstić information content (AvgIpc) is 3.17. The van der Waals surface area contributed by atoms with E-state index < -0.39 is 0 Å². The van der Waals surface area contributed by atoms with E-state index in [2.05, 4.69) is 45.2 Å². The Labute approximate surface area is 176 Å². The average molecular weight is 411 g/mol. The van der Waals surface area contributed by atoms with Crippen LogP contribution in [0, 0.1) is 0 Å². The van der Waals surface area contributed by atoms with Gasteiger partial charge < -0.3 is 20.7 Å². The summed E-state index contributed by atoms with van der Waals surface area (Å²) in [5.41, 5.74) is 9.95. The molecule has 1 aliphatic rings. The molecule has 1 saturated heterocycles. The number of pyridine rings is 1. The van der Waals surface area contributed by atoms with Gasteiger partial charge in [-0.1, -0.05) is 26.3 Å². The van der Waals surface area contributed by atoms with Crippen LogP contribution in [-0.2, 0) is 12.8 Å². The normalized spacial score (nSPS) is 14.4. The number of ether oxygens (including phenoxy) is 1. The molecule has 30 heavy (non-hydrogen) atoms. The third kappa shape index (κ3) is 4.30. The fraction of sp³-hybridized carbons (Fsp3) is 0.524. The monoisotopic (exact) mass is 410 g/mol. The van der Waals surface area contributed by atoms with Crippen LogP contribution in [-0.4, -0.2) is 57.4 Å². The van der Waals surface area contributed by atoms with E-state index in [4.69, 9.17) is 15.5 Å². The van der Waals surface area contributed by atoms with Gasteiger partial charge in [-0.05, 0) is 24.0 Å². The minimum absolute atomic E-state index is 0.286. The number of hydrogen-bond donors (Lipinski definition) is 2. The molecular weight excluding hydrogens is 380 g/mol. The number of nitrogen functional groups attached to an aromatic ring is 1. The predicted octanol–water partition coefficient (Wildman–Crippen LogP) is 1.84. The highest BCUT2D eigenvalue weighted by Crippen LogP contribution is 2.22. The van der Waals surface area contributed by atoms with Crippen LogP contribution in [0.4, 0.5) is 11.6 Å². The summed E-state index contributed by atoms with van der Waals surface area (Å²) < 4.78 is 7.39. The first-order valence-electron chi connectivity index (χ1n) is 10.8. The maximum atomic E-state index is 6.08. The van der Waals surface area contributed by atoms with Crippen LogP contribution in [0.25, 0.3) is 5.65 Å². The smallest absolute Gasteiger partial charge is 0.336 e. The number of hydrogen-bond acceptors (Lipinski definition) is 8. The molecule has 9 nitrogen and oxygen atoms in total. The summed E-state index contributed by atoms with van der Waals surface area (Å²) >= 11 is 0. The van der Waals surface area contributed by atoms with E-state index >= 15 is 0 Å². The van der Waals surface area contributed by atoms with Crippen LogP contribution in [0.15, 0.2) is 18.5 Å². The molecule has 160 valence electrons. The highest BCUT2D eigenvalue weighted by atomic mass is 16.5. The van der Waals surface area contributed by atoms with Gasteiger partial charge in [-0.25, -0.2) is 14.5 Å². The summed E-state index contributed by atoms with van der Waals surface area (Å²) in [6.07, 6.45) is 7.35. The summed E-state index contributed by atoms with van der Waals surface area (Å²) in [6, 6.07) is 2.53. The lowest BCUT2D eigenvalue weighted by atomic mass is 10.1. The Balaban J connectivity index is 1.58. The quantitative estimate of drug-likeness (QED) is 0.542. The predicted molar refractivity (Wildman–Crippen MR) is 117 cm³/mol. The molecule has 0 aliphatic carbocycles. The second-order valence-corrected chi connectivity index (χ2v) is 7.56. The minimum Gasteiger partial charge on any atom is -0.462 e. The first-order chi connectivity index (χ1) is 14.7. The molecule has 0 aromatic carbocycles. The highest BCUT2D eigenvalue weighted by molar-refractivity contribution is 5.60. The van der Waals surface area contributed by atoms with Crippen LogP contribution in [0.2, 0.25) is 0 Å². The summed E-state index contributed by atoms with van der Waals surface area (Å²) in [5.74, 6) is 1.42. The topological polar surface area (TPSA) is 106 Å². The molecule has 0 amide bonds. The van der Waals surface area contributed by atoms with E-state index in [0.29, 0.717) is 24.5 Å². The van der Waals surface area contributed by atoms with E-state index in [-0.39, 0.29) is 6.01 Å². The van der Waals surface area contributed by atoms with E-state index in [9.17, 15) is 0 Å². The molecule has 4 rings (SSSR count). The molecular formula is C21H30N8O. The van der Waals surface area contributed by atoms with Crippen molar-refractivity contribution in [1.82, 2.24) is 29.9 Å². The Hall–Kier alpha value is -2.94. The summed E-state index contributed by atoms with van der Waals surface area (Å²) in [4.78, 5) is 15.8. The van der Waals surface area contributed by atoms with Crippen molar-refractivity contribution in [2.75, 3.05) is 43.4 Å². The summed E-state index contributed by atoms with van der Waals surface area (Å²) in [7, 11) is 0. The van der Waals surface area contributed by atoms with Gasteiger partial charge in [0.05, 0.1) is 18.5 Å². The second kappa shape index (κ2) is 9.25. The van der Waals surface area contributed by atoms with E-state index in [1.54, 1.807) is 10.7 Å². The molecule has 0 bridgehead atoms. The van der Waals surface area contributed by atoms with Gasteiger partial charge >= 0.3 is 6.01 Å². The Morgan fingerprint density at radius 3 is 2.77 bits per heavy atom. The van der Waals surface area contributed by atoms with Crippen molar-refractivity contribution >= 4 is 17.3 Å². The second-order valence-electron chi connectivity index (χ2n) is 7.56. The number of rotatable bonds is 8. The van der Waals surface area contributed by atoms with Crippen LogP contribution in [0.5, 0.6) is 6.01 Å². The first-order valence-corrected chi connectivity index (χ1v) is 10.8. The number of fused-ring (bicyclic) bond motifs is 1. The van der Waals surface area contributed by atoms with Crippen molar-refractivity contribution in [3.05, 3.63) is 35.3 Å². The van der Waals surface area contributed by atoms with Gasteiger partial charge in [0, 0.05) is 38.8 Å². The third-order valence-electron chi connectivity index (χ3n) is 5.35. The van der Waals surface area contributed by atoms with Crippen LogP contribution >= 0.6 is 0 Å². The molecule has 1 aliphatic heterocycles. The Bertz CT molecular complexity index is 996. The number of anilines is 2. The number of nitrogens with one attached hydrogen (secondary N) is 1. The molecule has 4 heterocycles. The Morgan fingerprint density at radius 2 is 2.00 bits per heavy atom. The van der Waals surface area contributed by atoms with Crippen molar-refractivity contribution in [2.45, 2.75) is 39.5 Å². The van der Waals surface area contributed by atoms with Crippen molar-refractivity contribution < 1.29 is 4.74 Å². The van der Waals surface area contributed by atoms with E-state index in [0.717, 1.165) is 62.5 Å². The van der Waals surface area contributed by atoms with Gasteiger partial charge in [-0.3, -0.25) is 0 Å². The molecule has 0 saturated carbocycles. The SMILES string of the molecule is CCCCOc1nc(N)c2ncc(Cc3cnc(N4CCNCC4)c(CC)c3)n2n1. The third-order valence-corrected chi connectivity index (χ3v) is 5.35. The van der Waals surface area contributed by atoms with Crippen LogP contribution in [0.1, 0.15) is 43.5 Å².